The molecule has 0 radical (unpaired) electrons. The second-order valence-corrected chi connectivity index (χ2v) is 7.11. The smallest absolute Gasteiger partial charge is 0.229 e. The molecule has 0 fully saturated rings. The van der Waals surface area contributed by atoms with Crippen LogP contribution >= 0.6 is 0 Å². The molecule has 1 heterocycles. The number of aromatic amines is 1. The van der Waals surface area contributed by atoms with E-state index in [-0.39, 0.29) is 5.78 Å². The maximum atomic E-state index is 12.9. The van der Waals surface area contributed by atoms with Crippen molar-refractivity contribution in [1.29, 1.82) is 0 Å². The minimum absolute atomic E-state index is 0.167. The fourth-order valence-electron chi connectivity index (χ4n) is 3.01. The van der Waals surface area contributed by atoms with Crippen molar-refractivity contribution >= 4 is 32.4 Å². The van der Waals surface area contributed by atoms with Crippen molar-refractivity contribution in [2.75, 3.05) is 11.0 Å². The predicted molar refractivity (Wildman–Crippen MR) is 85.6 cm³/mol. The summed E-state index contributed by atoms with van der Waals surface area (Å²) in [5, 5.41) is 0.761. The highest BCUT2D eigenvalue weighted by molar-refractivity contribution is 7.92. The number of benzene rings is 2. The van der Waals surface area contributed by atoms with Gasteiger partial charge in [0.1, 0.15) is 0 Å². The number of ketones is 1. The number of sulfonamides is 1. The minimum Gasteiger partial charge on any atom is -0.361 e. The summed E-state index contributed by atoms with van der Waals surface area (Å²) in [5.41, 5.74) is 3.89. The predicted octanol–water partition coefficient (Wildman–Crippen LogP) is 2.75. The molecule has 0 amide bonds. The standard InChI is InChI=1S/C16H12N2O3S/c1-22(20,21)18-13-7-6-12-14-11(8-17-12)9-4-2-3-5-10(9)16(19)15(13)14/h2-8,17-18H,1H3. The van der Waals surface area contributed by atoms with Crippen molar-refractivity contribution in [3.63, 3.8) is 0 Å². The Morgan fingerprint density at radius 1 is 1.00 bits per heavy atom. The van der Waals surface area contributed by atoms with Crippen LogP contribution < -0.4 is 4.72 Å². The molecule has 6 heteroatoms. The van der Waals surface area contributed by atoms with Crippen LogP contribution in [0.4, 0.5) is 5.69 Å². The molecule has 0 unspecified atom stereocenters. The number of carbonyl (C=O) groups is 1. The average Bonchev–Trinajstić information content (AvgIpc) is 2.88. The molecule has 0 aliphatic heterocycles. The SMILES string of the molecule is CS(=O)(=O)Nc1ccc2[nH]cc3c2c1C(=O)c1ccccc1-3. The molecular weight excluding hydrogens is 300 g/mol. The Labute approximate surface area is 127 Å². The summed E-state index contributed by atoms with van der Waals surface area (Å²) in [6, 6.07) is 10.7. The number of fused-ring (bicyclic) bond motifs is 2. The van der Waals surface area contributed by atoms with Crippen molar-refractivity contribution in [3.05, 3.63) is 53.7 Å². The lowest BCUT2D eigenvalue weighted by Gasteiger charge is -2.19. The first-order chi connectivity index (χ1) is 10.5. The van der Waals surface area contributed by atoms with Crippen LogP contribution in [0.25, 0.3) is 22.0 Å². The Morgan fingerprint density at radius 2 is 1.73 bits per heavy atom. The first-order valence-corrected chi connectivity index (χ1v) is 8.61. The Morgan fingerprint density at radius 3 is 2.45 bits per heavy atom. The van der Waals surface area contributed by atoms with E-state index in [1.807, 2.05) is 18.3 Å². The van der Waals surface area contributed by atoms with Crippen molar-refractivity contribution in [2.24, 2.45) is 0 Å². The molecule has 4 rings (SSSR count). The first-order valence-electron chi connectivity index (χ1n) is 6.72. The maximum absolute atomic E-state index is 12.9. The normalized spacial score (nSPS) is 13.2. The fourth-order valence-corrected chi connectivity index (χ4v) is 3.58. The van der Waals surface area contributed by atoms with Gasteiger partial charge >= 0.3 is 0 Å². The molecule has 0 saturated carbocycles. The summed E-state index contributed by atoms with van der Waals surface area (Å²) in [6.45, 7) is 0. The van der Waals surface area contributed by atoms with Gasteiger partial charge in [-0.15, -0.1) is 0 Å². The number of H-pyrrole nitrogens is 1. The van der Waals surface area contributed by atoms with Crippen LogP contribution in [-0.2, 0) is 10.0 Å². The lowest BCUT2D eigenvalue weighted by molar-refractivity contribution is 0.104. The fraction of sp³-hybridized carbons (Fsp3) is 0.0625. The lowest BCUT2D eigenvalue weighted by atomic mass is 9.85. The molecule has 0 bridgehead atoms. The first kappa shape index (κ1) is 13.1. The Bertz CT molecular complexity index is 1050. The molecule has 2 aromatic carbocycles. The Balaban J connectivity index is 2.12. The van der Waals surface area contributed by atoms with Gasteiger partial charge in [0.15, 0.2) is 5.78 Å². The zero-order valence-electron chi connectivity index (χ0n) is 11.7. The third-order valence-corrected chi connectivity index (χ3v) is 4.42. The second kappa shape index (κ2) is 4.20. The van der Waals surface area contributed by atoms with Crippen LogP contribution in [0.5, 0.6) is 0 Å². The van der Waals surface area contributed by atoms with Crippen LogP contribution in [0.1, 0.15) is 15.9 Å². The molecule has 0 spiro atoms. The molecule has 0 atom stereocenters. The maximum Gasteiger partial charge on any atom is 0.229 e. The molecule has 22 heavy (non-hydrogen) atoms. The van der Waals surface area contributed by atoms with Gasteiger partial charge in [0, 0.05) is 28.2 Å². The van der Waals surface area contributed by atoms with E-state index in [1.165, 1.54) is 0 Å². The van der Waals surface area contributed by atoms with E-state index in [1.54, 1.807) is 24.3 Å². The third kappa shape index (κ3) is 1.77. The lowest BCUT2D eigenvalue weighted by Crippen LogP contribution is -2.16. The molecule has 1 aliphatic rings. The highest BCUT2D eigenvalue weighted by Gasteiger charge is 2.28. The molecular formula is C16H12N2O3S. The topological polar surface area (TPSA) is 79.0 Å². The van der Waals surface area contributed by atoms with E-state index in [2.05, 4.69) is 9.71 Å². The monoisotopic (exact) mass is 312 g/mol. The molecule has 0 saturated heterocycles. The van der Waals surface area contributed by atoms with Gasteiger partial charge in [-0.2, -0.15) is 0 Å². The zero-order valence-corrected chi connectivity index (χ0v) is 12.5. The number of rotatable bonds is 2. The number of anilines is 1. The van der Waals surface area contributed by atoms with Crippen molar-refractivity contribution in [2.45, 2.75) is 0 Å². The highest BCUT2D eigenvalue weighted by Crippen LogP contribution is 2.42. The Kier molecular flexibility index (Phi) is 2.50. The van der Waals surface area contributed by atoms with E-state index in [4.69, 9.17) is 0 Å². The van der Waals surface area contributed by atoms with Gasteiger partial charge in [-0.05, 0) is 17.7 Å². The van der Waals surface area contributed by atoms with E-state index in [0.29, 0.717) is 16.8 Å². The van der Waals surface area contributed by atoms with Crippen LogP contribution in [0.2, 0.25) is 0 Å². The molecule has 1 aromatic heterocycles. The van der Waals surface area contributed by atoms with Crippen molar-refractivity contribution < 1.29 is 13.2 Å². The summed E-state index contributed by atoms with van der Waals surface area (Å²) >= 11 is 0. The molecule has 110 valence electrons. The number of carbonyl (C=O) groups excluding carboxylic acids is 1. The average molecular weight is 312 g/mol. The van der Waals surface area contributed by atoms with Crippen LogP contribution in [0.3, 0.4) is 0 Å². The summed E-state index contributed by atoms with van der Waals surface area (Å²) < 4.78 is 25.6. The Hall–Kier alpha value is -2.60. The molecule has 1 aliphatic carbocycles. The summed E-state index contributed by atoms with van der Waals surface area (Å²) in [7, 11) is -3.46. The molecule has 3 aromatic rings. The summed E-state index contributed by atoms with van der Waals surface area (Å²) in [6.07, 6.45) is 2.92. The van der Waals surface area contributed by atoms with Gasteiger partial charge in [-0.25, -0.2) is 8.42 Å². The van der Waals surface area contributed by atoms with Crippen LogP contribution in [0.15, 0.2) is 42.6 Å². The van der Waals surface area contributed by atoms with Gasteiger partial charge in [0.2, 0.25) is 10.0 Å². The van der Waals surface area contributed by atoms with Gasteiger partial charge in [0.05, 0.1) is 17.5 Å². The number of nitrogens with one attached hydrogen (secondary N) is 2. The third-order valence-electron chi connectivity index (χ3n) is 3.83. The largest absolute Gasteiger partial charge is 0.361 e. The highest BCUT2D eigenvalue weighted by atomic mass is 32.2. The number of aromatic nitrogens is 1. The molecule has 5 nitrogen and oxygen atoms in total. The van der Waals surface area contributed by atoms with Crippen molar-refractivity contribution in [3.8, 4) is 11.1 Å². The van der Waals surface area contributed by atoms with Crippen LogP contribution in [0, 0.1) is 0 Å². The van der Waals surface area contributed by atoms with Gasteiger partial charge in [-0.1, -0.05) is 24.3 Å². The van der Waals surface area contributed by atoms with E-state index < -0.39 is 10.0 Å². The van der Waals surface area contributed by atoms with Crippen molar-refractivity contribution in [1.82, 2.24) is 4.98 Å². The van der Waals surface area contributed by atoms with Gasteiger partial charge < -0.3 is 4.98 Å². The van der Waals surface area contributed by atoms with E-state index in [9.17, 15) is 13.2 Å². The zero-order chi connectivity index (χ0) is 15.5. The number of hydrogen-bond donors (Lipinski definition) is 2. The second-order valence-electron chi connectivity index (χ2n) is 5.36. The van der Waals surface area contributed by atoms with E-state index in [0.717, 1.165) is 28.3 Å². The molecule has 2 N–H and O–H groups in total. The van der Waals surface area contributed by atoms with Crippen LogP contribution in [-0.4, -0.2) is 25.4 Å². The minimum atomic E-state index is -3.46. The van der Waals surface area contributed by atoms with E-state index >= 15 is 0 Å². The summed E-state index contributed by atoms with van der Waals surface area (Å²) in [4.78, 5) is 16.0. The number of hydrogen-bond acceptors (Lipinski definition) is 3. The van der Waals surface area contributed by atoms with Gasteiger partial charge in [0.25, 0.3) is 0 Å². The summed E-state index contributed by atoms with van der Waals surface area (Å²) in [5.74, 6) is -0.167. The van der Waals surface area contributed by atoms with Gasteiger partial charge in [-0.3, -0.25) is 9.52 Å². The quantitative estimate of drug-likeness (QED) is 0.597.